The fraction of sp³-hybridized carbons (Fsp3) is 0.706. The highest BCUT2D eigenvalue weighted by atomic mass is 16.5. The number of carbonyl (C=O) groups excluding carboxylic acids is 1. The highest BCUT2D eigenvalue weighted by molar-refractivity contribution is 5.80. The zero-order valence-electron chi connectivity index (χ0n) is 13.5. The van der Waals surface area contributed by atoms with Crippen molar-refractivity contribution in [2.75, 3.05) is 19.7 Å². The smallest absolute Gasteiger partial charge is 0.232 e. The second-order valence-corrected chi connectivity index (χ2v) is 7.08. The van der Waals surface area contributed by atoms with E-state index in [1.54, 1.807) is 12.4 Å². The summed E-state index contributed by atoms with van der Waals surface area (Å²) in [5.41, 5.74) is 0.643. The third kappa shape index (κ3) is 2.92. The fourth-order valence-electron chi connectivity index (χ4n) is 3.69. The van der Waals surface area contributed by atoms with Gasteiger partial charge in [-0.15, -0.1) is 0 Å². The van der Waals surface area contributed by atoms with Gasteiger partial charge in [0.05, 0.1) is 31.6 Å². The second kappa shape index (κ2) is 5.74. The quantitative estimate of drug-likeness (QED) is 0.849. The number of ether oxygens (including phenoxy) is 2. The summed E-state index contributed by atoms with van der Waals surface area (Å²) in [7, 11) is 0. The first kappa shape index (κ1) is 14.9. The van der Waals surface area contributed by atoms with Crippen LogP contribution in [0.15, 0.2) is 12.4 Å². The van der Waals surface area contributed by atoms with Gasteiger partial charge in [-0.2, -0.15) is 0 Å². The minimum atomic E-state index is -0.209. The van der Waals surface area contributed by atoms with E-state index in [1.165, 1.54) is 6.42 Å². The van der Waals surface area contributed by atoms with Crippen molar-refractivity contribution in [3.05, 3.63) is 18.1 Å². The van der Waals surface area contributed by atoms with Crippen LogP contribution in [0.2, 0.25) is 0 Å². The average molecular weight is 317 g/mol. The molecule has 1 aliphatic carbocycles. The summed E-state index contributed by atoms with van der Waals surface area (Å²) < 4.78 is 12.0. The van der Waals surface area contributed by atoms with Gasteiger partial charge in [0.2, 0.25) is 11.8 Å². The molecule has 0 N–H and O–H groups in total. The molecule has 1 spiro atoms. The highest BCUT2D eigenvalue weighted by Crippen LogP contribution is 2.38. The normalized spacial score (nSPS) is 26.5. The Morgan fingerprint density at radius 2 is 2.17 bits per heavy atom. The number of aromatic nitrogens is 2. The summed E-state index contributed by atoms with van der Waals surface area (Å²) in [6, 6.07) is 0. The lowest BCUT2D eigenvalue weighted by Crippen LogP contribution is -2.68. The van der Waals surface area contributed by atoms with Crippen molar-refractivity contribution in [2.24, 2.45) is 5.92 Å². The van der Waals surface area contributed by atoms with Crippen LogP contribution in [0.5, 0.6) is 5.88 Å². The molecule has 1 aromatic rings. The third-order valence-corrected chi connectivity index (χ3v) is 5.19. The van der Waals surface area contributed by atoms with Gasteiger partial charge in [0, 0.05) is 25.0 Å². The molecule has 3 aliphatic rings. The zero-order chi connectivity index (χ0) is 15.9. The van der Waals surface area contributed by atoms with Crippen LogP contribution < -0.4 is 4.74 Å². The molecule has 0 aromatic carbocycles. The summed E-state index contributed by atoms with van der Waals surface area (Å²) in [5, 5.41) is 0. The maximum absolute atomic E-state index is 12.3. The van der Waals surface area contributed by atoms with Crippen LogP contribution in [-0.2, 0) is 9.53 Å². The molecule has 6 heteroatoms. The monoisotopic (exact) mass is 317 g/mol. The van der Waals surface area contributed by atoms with E-state index in [-0.39, 0.29) is 17.6 Å². The molecule has 2 saturated heterocycles. The van der Waals surface area contributed by atoms with Crippen LogP contribution in [-0.4, -0.2) is 52.2 Å². The van der Waals surface area contributed by atoms with Gasteiger partial charge in [-0.3, -0.25) is 9.78 Å². The Morgan fingerprint density at radius 1 is 1.35 bits per heavy atom. The number of nitrogens with zero attached hydrogens (tertiary/aromatic N) is 3. The van der Waals surface area contributed by atoms with Crippen LogP contribution in [0.1, 0.15) is 37.8 Å². The summed E-state index contributed by atoms with van der Waals surface area (Å²) >= 11 is 0. The molecule has 4 rings (SSSR count). The van der Waals surface area contributed by atoms with Crippen molar-refractivity contribution >= 4 is 5.91 Å². The molecule has 1 saturated carbocycles. The lowest BCUT2D eigenvalue weighted by molar-refractivity contribution is -0.197. The standard InChI is InChI=1S/C17H23N3O3/c1-12-8-18-9-15(19-12)23-14-5-6-22-17(7-14)10-20(11-17)16(21)13-3-2-4-13/h8-9,13-14H,2-7,10-11H2,1H3/t14-/m1/s1. The Bertz CT molecular complexity index is 597. The van der Waals surface area contributed by atoms with Gasteiger partial charge in [-0.25, -0.2) is 4.98 Å². The lowest BCUT2D eigenvalue weighted by atomic mass is 9.80. The molecule has 23 heavy (non-hydrogen) atoms. The van der Waals surface area contributed by atoms with E-state index in [1.807, 2.05) is 11.8 Å². The Morgan fingerprint density at radius 3 is 2.87 bits per heavy atom. The largest absolute Gasteiger partial charge is 0.473 e. The summed E-state index contributed by atoms with van der Waals surface area (Å²) in [6.45, 7) is 4.00. The van der Waals surface area contributed by atoms with Crippen LogP contribution >= 0.6 is 0 Å². The summed E-state index contributed by atoms with van der Waals surface area (Å²) in [5.74, 6) is 1.16. The Balaban J connectivity index is 1.34. The van der Waals surface area contributed by atoms with E-state index in [0.717, 1.165) is 31.4 Å². The molecule has 3 fully saturated rings. The van der Waals surface area contributed by atoms with Crippen LogP contribution in [0.3, 0.4) is 0 Å². The molecule has 1 aromatic heterocycles. The number of rotatable bonds is 3. The topological polar surface area (TPSA) is 64.6 Å². The third-order valence-electron chi connectivity index (χ3n) is 5.19. The molecule has 0 unspecified atom stereocenters. The van der Waals surface area contributed by atoms with Crippen molar-refractivity contribution in [2.45, 2.75) is 50.7 Å². The van der Waals surface area contributed by atoms with Crippen LogP contribution in [0.25, 0.3) is 0 Å². The zero-order valence-corrected chi connectivity index (χ0v) is 13.5. The van der Waals surface area contributed by atoms with Crippen molar-refractivity contribution in [3.8, 4) is 5.88 Å². The number of amides is 1. The van der Waals surface area contributed by atoms with Gasteiger partial charge in [-0.05, 0) is 19.8 Å². The SMILES string of the molecule is Cc1cncc(O[C@@H]2CCOC3(C2)CN(C(=O)C2CCC2)C3)n1. The first-order valence-corrected chi connectivity index (χ1v) is 8.52. The van der Waals surface area contributed by atoms with Gasteiger partial charge in [0.25, 0.3) is 0 Å². The van der Waals surface area contributed by atoms with Crippen molar-refractivity contribution in [1.82, 2.24) is 14.9 Å². The maximum atomic E-state index is 12.3. The van der Waals surface area contributed by atoms with E-state index < -0.39 is 0 Å². The Kier molecular flexibility index (Phi) is 3.71. The van der Waals surface area contributed by atoms with Crippen LogP contribution in [0.4, 0.5) is 0 Å². The van der Waals surface area contributed by atoms with E-state index in [4.69, 9.17) is 9.47 Å². The molecule has 124 valence electrons. The van der Waals surface area contributed by atoms with E-state index >= 15 is 0 Å². The molecule has 6 nitrogen and oxygen atoms in total. The molecular weight excluding hydrogens is 294 g/mol. The highest BCUT2D eigenvalue weighted by Gasteiger charge is 2.51. The van der Waals surface area contributed by atoms with Gasteiger partial charge in [-0.1, -0.05) is 6.42 Å². The number of likely N-dealkylation sites (tertiary alicyclic amines) is 1. The van der Waals surface area contributed by atoms with E-state index in [0.29, 0.717) is 31.5 Å². The van der Waals surface area contributed by atoms with Crippen molar-refractivity contribution in [3.63, 3.8) is 0 Å². The molecule has 1 amide bonds. The molecular formula is C17H23N3O3. The number of aryl methyl sites for hydroxylation is 1. The molecule has 1 atom stereocenters. The summed E-state index contributed by atoms with van der Waals surface area (Å²) in [6.07, 6.45) is 8.43. The molecule has 2 aliphatic heterocycles. The van der Waals surface area contributed by atoms with Gasteiger partial charge >= 0.3 is 0 Å². The summed E-state index contributed by atoms with van der Waals surface area (Å²) in [4.78, 5) is 22.7. The Hall–Kier alpha value is -1.69. The number of hydrogen-bond donors (Lipinski definition) is 0. The molecule has 0 bridgehead atoms. The maximum Gasteiger partial charge on any atom is 0.232 e. The van der Waals surface area contributed by atoms with Gasteiger partial charge in [0.15, 0.2) is 0 Å². The van der Waals surface area contributed by atoms with E-state index in [2.05, 4.69) is 9.97 Å². The Labute approximate surface area is 136 Å². The minimum Gasteiger partial charge on any atom is -0.473 e. The van der Waals surface area contributed by atoms with Crippen LogP contribution in [0, 0.1) is 12.8 Å². The van der Waals surface area contributed by atoms with Gasteiger partial charge < -0.3 is 14.4 Å². The van der Waals surface area contributed by atoms with E-state index in [9.17, 15) is 4.79 Å². The minimum absolute atomic E-state index is 0.0841. The lowest BCUT2D eigenvalue weighted by Gasteiger charge is -2.54. The van der Waals surface area contributed by atoms with Crippen molar-refractivity contribution in [1.29, 1.82) is 0 Å². The predicted molar refractivity (Wildman–Crippen MR) is 83.0 cm³/mol. The molecule has 3 heterocycles. The first-order chi connectivity index (χ1) is 11.1. The average Bonchev–Trinajstić information content (AvgIpc) is 2.43. The first-order valence-electron chi connectivity index (χ1n) is 8.52. The molecule has 0 radical (unpaired) electrons. The number of hydrogen-bond acceptors (Lipinski definition) is 5. The number of carbonyl (C=O) groups is 1. The predicted octanol–water partition coefficient (Wildman–Crippen LogP) is 1.72. The fourth-order valence-corrected chi connectivity index (χ4v) is 3.69. The van der Waals surface area contributed by atoms with Gasteiger partial charge in [0.1, 0.15) is 11.7 Å². The van der Waals surface area contributed by atoms with Crippen molar-refractivity contribution < 1.29 is 14.3 Å². The second-order valence-electron chi connectivity index (χ2n) is 7.08.